The molecule has 3 aromatic rings. The zero-order chi connectivity index (χ0) is 17.4. The average molecular weight is 359 g/mol. The van der Waals surface area contributed by atoms with Gasteiger partial charge in [-0.25, -0.2) is 0 Å². The maximum absolute atomic E-state index is 10.9. The van der Waals surface area contributed by atoms with E-state index in [-0.39, 0.29) is 10.8 Å². The van der Waals surface area contributed by atoms with Crippen molar-refractivity contribution in [3.05, 3.63) is 62.8 Å². The van der Waals surface area contributed by atoms with Gasteiger partial charge in [0.15, 0.2) is 16.7 Å². The van der Waals surface area contributed by atoms with E-state index < -0.39 is 4.92 Å². The van der Waals surface area contributed by atoms with Gasteiger partial charge in [0, 0.05) is 35.0 Å². The molecule has 0 spiro atoms. The first-order chi connectivity index (χ1) is 12.1. The number of benzene rings is 2. The molecule has 0 amide bonds. The molecule has 2 heterocycles. The molecule has 1 N–H and O–H groups in total. The quantitative estimate of drug-likeness (QED) is 0.432. The van der Waals surface area contributed by atoms with Gasteiger partial charge in [-0.2, -0.15) is 4.89 Å². The zero-order valence-electron chi connectivity index (χ0n) is 12.7. The molecular formula is C16H11ClN4O4. The average Bonchev–Trinajstić information content (AvgIpc) is 3.08. The molecule has 9 heteroatoms. The van der Waals surface area contributed by atoms with Crippen LogP contribution in [0.3, 0.4) is 0 Å². The molecule has 0 bridgehead atoms. The van der Waals surface area contributed by atoms with Crippen molar-refractivity contribution in [2.24, 2.45) is 0 Å². The van der Waals surface area contributed by atoms with Gasteiger partial charge in [-0.3, -0.25) is 10.1 Å². The second-order valence-corrected chi connectivity index (χ2v) is 5.83. The first kappa shape index (κ1) is 15.6. The highest BCUT2D eigenvalue weighted by Gasteiger charge is 2.15. The highest BCUT2D eigenvalue weighted by molar-refractivity contribution is 6.34. The van der Waals surface area contributed by atoms with E-state index in [1.54, 1.807) is 6.07 Å². The van der Waals surface area contributed by atoms with Crippen LogP contribution in [0.5, 0.6) is 5.75 Å². The smallest absolute Gasteiger partial charge is 0.270 e. The van der Waals surface area contributed by atoms with Crippen LogP contribution in [0.25, 0.3) is 10.8 Å². The Bertz CT molecular complexity index is 995. The Hall–Kier alpha value is -2.97. The molecule has 1 aromatic heterocycles. The Kier molecular flexibility index (Phi) is 3.83. The van der Waals surface area contributed by atoms with Crippen LogP contribution < -0.4 is 10.2 Å². The van der Waals surface area contributed by atoms with Crippen molar-refractivity contribution < 1.29 is 14.7 Å². The second-order valence-electron chi connectivity index (χ2n) is 5.47. The van der Waals surface area contributed by atoms with Gasteiger partial charge in [0.2, 0.25) is 0 Å². The third kappa shape index (κ3) is 2.92. The number of nitro benzene ring substituents is 1. The first-order valence-electron chi connectivity index (χ1n) is 7.37. The predicted molar refractivity (Wildman–Crippen MR) is 90.4 cm³/mol. The number of aromatic nitrogens is 2. The molecule has 1 aliphatic heterocycles. The summed E-state index contributed by atoms with van der Waals surface area (Å²) >= 11 is 6.03. The van der Waals surface area contributed by atoms with Gasteiger partial charge < -0.3 is 10.2 Å². The van der Waals surface area contributed by atoms with Crippen LogP contribution in [0.15, 0.2) is 36.4 Å². The monoisotopic (exact) mass is 358 g/mol. The summed E-state index contributed by atoms with van der Waals surface area (Å²) in [7, 11) is 0. The lowest BCUT2D eigenvalue weighted by Crippen LogP contribution is -2.04. The number of fused-ring (bicyclic) bond motifs is 2. The summed E-state index contributed by atoms with van der Waals surface area (Å²) in [4.78, 5) is 20.5. The lowest BCUT2D eigenvalue weighted by molar-refractivity contribution is -0.384. The van der Waals surface area contributed by atoms with E-state index in [0.29, 0.717) is 35.5 Å². The van der Waals surface area contributed by atoms with Gasteiger partial charge in [0.25, 0.3) is 5.69 Å². The molecule has 1 aliphatic rings. The number of nitrogens with one attached hydrogen (secondary N) is 1. The van der Waals surface area contributed by atoms with Gasteiger partial charge in [-0.1, -0.05) is 23.7 Å². The Morgan fingerprint density at radius 1 is 1.20 bits per heavy atom. The topological polar surface area (TPSA) is 99.4 Å². The lowest BCUT2D eigenvalue weighted by atomic mass is 10.1. The molecule has 0 saturated carbocycles. The molecule has 126 valence electrons. The zero-order valence-corrected chi connectivity index (χ0v) is 13.5. The molecule has 0 atom stereocenters. The minimum atomic E-state index is -0.476. The summed E-state index contributed by atoms with van der Waals surface area (Å²) in [5, 5.41) is 23.3. The van der Waals surface area contributed by atoms with Gasteiger partial charge >= 0.3 is 0 Å². The Labute approximate surface area is 146 Å². The van der Waals surface area contributed by atoms with Crippen molar-refractivity contribution >= 4 is 33.9 Å². The largest absolute Gasteiger partial charge is 0.364 e. The molecule has 0 fully saturated rings. The summed E-state index contributed by atoms with van der Waals surface area (Å²) < 4.78 is 0. The van der Waals surface area contributed by atoms with E-state index in [0.717, 1.165) is 11.1 Å². The first-order valence-corrected chi connectivity index (χ1v) is 7.75. The van der Waals surface area contributed by atoms with Crippen molar-refractivity contribution in [2.75, 3.05) is 5.32 Å². The molecule has 2 aromatic carbocycles. The molecule has 0 radical (unpaired) electrons. The lowest BCUT2D eigenvalue weighted by Gasteiger charge is -2.09. The fraction of sp³-hybridized carbons (Fsp3) is 0.125. The van der Waals surface area contributed by atoms with Crippen LogP contribution in [-0.4, -0.2) is 15.1 Å². The van der Waals surface area contributed by atoms with Gasteiger partial charge in [-0.05, 0) is 17.7 Å². The Balaban J connectivity index is 1.63. The third-order valence-electron chi connectivity index (χ3n) is 3.88. The van der Waals surface area contributed by atoms with Crippen LogP contribution in [0, 0.1) is 10.1 Å². The van der Waals surface area contributed by atoms with E-state index in [1.807, 2.05) is 18.2 Å². The van der Waals surface area contributed by atoms with E-state index in [2.05, 4.69) is 15.5 Å². The SMILES string of the molecule is O=[N+]([O-])c1ccc2c(NCc3ccc4c(c3)OOC4)nnc(Cl)c2c1. The number of nitrogens with zero attached hydrogens (tertiary/aromatic N) is 3. The van der Waals surface area contributed by atoms with Crippen LogP contribution >= 0.6 is 11.6 Å². The van der Waals surface area contributed by atoms with E-state index >= 15 is 0 Å². The van der Waals surface area contributed by atoms with Gasteiger partial charge in [0.1, 0.15) is 6.61 Å². The van der Waals surface area contributed by atoms with Crippen molar-refractivity contribution in [3.63, 3.8) is 0 Å². The fourth-order valence-electron chi connectivity index (χ4n) is 2.60. The van der Waals surface area contributed by atoms with E-state index in [4.69, 9.17) is 21.4 Å². The number of halogens is 1. The van der Waals surface area contributed by atoms with Crippen LogP contribution in [0.2, 0.25) is 5.15 Å². The summed E-state index contributed by atoms with van der Waals surface area (Å²) in [6, 6.07) is 10.2. The second kappa shape index (κ2) is 6.15. The summed E-state index contributed by atoms with van der Waals surface area (Å²) in [5.41, 5.74) is 1.91. The van der Waals surface area contributed by atoms with Gasteiger partial charge in [0.05, 0.1) is 4.92 Å². The normalized spacial score (nSPS) is 12.7. The summed E-state index contributed by atoms with van der Waals surface area (Å²) in [6.45, 7) is 0.911. The summed E-state index contributed by atoms with van der Waals surface area (Å²) in [6.07, 6.45) is 0. The van der Waals surface area contributed by atoms with Crippen LogP contribution in [0.1, 0.15) is 11.1 Å². The molecule has 0 aliphatic carbocycles. The van der Waals surface area contributed by atoms with Crippen LogP contribution in [-0.2, 0) is 18.0 Å². The molecule has 25 heavy (non-hydrogen) atoms. The molecule has 8 nitrogen and oxygen atoms in total. The van der Waals surface area contributed by atoms with Crippen molar-refractivity contribution in [2.45, 2.75) is 13.2 Å². The molecule has 4 rings (SSSR count). The minimum absolute atomic E-state index is 0.0517. The van der Waals surface area contributed by atoms with E-state index in [9.17, 15) is 10.1 Å². The standard InChI is InChI=1S/C16H11ClN4O4/c17-15-13-6-11(21(22)23)3-4-12(13)16(20-19-15)18-7-9-1-2-10-8-24-25-14(10)5-9/h1-6H,7-8H2,(H,18,20). The number of non-ortho nitro benzene ring substituents is 1. The minimum Gasteiger partial charge on any atom is -0.364 e. The van der Waals surface area contributed by atoms with Crippen LogP contribution in [0.4, 0.5) is 11.5 Å². The Morgan fingerprint density at radius 2 is 2.08 bits per heavy atom. The highest BCUT2D eigenvalue weighted by Crippen LogP contribution is 2.30. The fourth-order valence-corrected chi connectivity index (χ4v) is 2.80. The van der Waals surface area contributed by atoms with E-state index in [1.165, 1.54) is 12.1 Å². The molecular weight excluding hydrogens is 348 g/mol. The number of nitro groups is 1. The number of rotatable bonds is 4. The molecule has 0 unspecified atom stereocenters. The number of hydrogen-bond donors (Lipinski definition) is 1. The third-order valence-corrected chi connectivity index (χ3v) is 4.16. The molecule has 0 saturated heterocycles. The maximum atomic E-state index is 10.9. The van der Waals surface area contributed by atoms with Gasteiger partial charge in [-0.15, -0.1) is 10.2 Å². The summed E-state index contributed by atoms with van der Waals surface area (Å²) in [5.74, 6) is 1.19. The number of anilines is 1. The maximum Gasteiger partial charge on any atom is 0.270 e. The van der Waals surface area contributed by atoms with Crippen molar-refractivity contribution in [1.29, 1.82) is 0 Å². The number of hydrogen-bond acceptors (Lipinski definition) is 7. The predicted octanol–water partition coefficient (Wildman–Crippen LogP) is 3.63. The Morgan fingerprint density at radius 3 is 2.92 bits per heavy atom. The highest BCUT2D eigenvalue weighted by atomic mass is 35.5. The van der Waals surface area contributed by atoms with Crippen molar-refractivity contribution in [3.8, 4) is 5.75 Å². The van der Waals surface area contributed by atoms with Crippen molar-refractivity contribution in [1.82, 2.24) is 10.2 Å².